The van der Waals surface area contributed by atoms with E-state index in [1.165, 1.54) is 11.1 Å². The summed E-state index contributed by atoms with van der Waals surface area (Å²) in [6, 6.07) is 14.8. The van der Waals surface area contributed by atoms with Crippen molar-refractivity contribution in [2.75, 3.05) is 39.5 Å². The number of amides is 1. The standard InChI is InChI=1S/C28H34N4O3/c33-28(23-3-1-5-26(20-23)35-16-13-30-11-14-34-15-12-30)32-24-6-7-25(32)19-21(18-24)17-22-4-2-10-31-27(22)8-9-29-31/h1-5,8-10,20-21,24-25H,6-7,11-19H2. The molecule has 0 spiro atoms. The number of hydrogen-bond donors (Lipinski definition) is 0. The second-order valence-corrected chi connectivity index (χ2v) is 10.2. The Hall–Kier alpha value is -2.90. The number of rotatable bonds is 7. The molecule has 7 heteroatoms. The molecule has 3 saturated heterocycles. The van der Waals surface area contributed by atoms with Crippen LogP contribution in [0.2, 0.25) is 0 Å². The van der Waals surface area contributed by atoms with Gasteiger partial charge in [0.2, 0.25) is 0 Å². The molecule has 0 aliphatic carbocycles. The summed E-state index contributed by atoms with van der Waals surface area (Å²) in [7, 11) is 0. The van der Waals surface area contributed by atoms with Crippen molar-refractivity contribution in [3.8, 4) is 5.75 Å². The van der Waals surface area contributed by atoms with Gasteiger partial charge in [-0.05, 0) is 73.9 Å². The summed E-state index contributed by atoms with van der Waals surface area (Å²) < 4.78 is 13.4. The molecule has 2 atom stereocenters. The van der Waals surface area contributed by atoms with Crippen LogP contribution in [0.3, 0.4) is 0 Å². The van der Waals surface area contributed by atoms with E-state index in [0.29, 0.717) is 24.6 Å². The number of pyridine rings is 1. The van der Waals surface area contributed by atoms with Gasteiger partial charge in [-0.1, -0.05) is 12.1 Å². The fraction of sp³-hybridized carbons (Fsp3) is 0.500. The summed E-state index contributed by atoms with van der Waals surface area (Å²) in [6.07, 6.45) is 9.30. The second kappa shape index (κ2) is 9.99. The molecule has 6 rings (SSSR count). The highest BCUT2D eigenvalue weighted by atomic mass is 16.5. The lowest BCUT2D eigenvalue weighted by Gasteiger charge is -2.39. The zero-order chi connectivity index (χ0) is 23.6. The molecule has 0 saturated carbocycles. The Labute approximate surface area is 206 Å². The van der Waals surface area contributed by atoms with Crippen LogP contribution in [-0.4, -0.2) is 76.9 Å². The van der Waals surface area contributed by atoms with Gasteiger partial charge in [0.1, 0.15) is 12.4 Å². The third-order valence-electron chi connectivity index (χ3n) is 7.96. The van der Waals surface area contributed by atoms with Crippen molar-refractivity contribution in [1.82, 2.24) is 19.4 Å². The van der Waals surface area contributed by atoms with Crippen LogP contribution in [0.25, 0.3) is 5.52 Å². The van der Waals surface area contributed by atoms with Gasteiger partial charge in [-0.2, -0.15) is 5.10 Å². The molecule has 35 heavy (non-hydrogen) atoms. The molecule has 3 aliphatic rings. The molecule has 5 heterocycles. The highest BCUT2D eigenvalue weighted by molar-refractivity contribution is 5.95. The Balaban J connectivity index is 1.08. The highest BCUT2D eigenvalue weighted by Gasteiger charge is 2.43. The minimum Gasteiger partial charge on any atom is -0.492 e. The lowest BCUT2D eigenvalue weighted by Crippen LogP contribution is -2.46. The minimum absolute atomic E-state index is 0.160. The zero-order valence-corrected chi connectivity index (χ0v) is 20.2. The van der Waals surface area contributed by atoms with Crippen molar-refractivity contribution in [3.05, 3.63) is 66.0 Å². The first-order valence-electron chi connectivity index (χ1n) is 13.0. The molecule has 3 aromatic rings. The van der Waals surface area contributed by atoms with Crippen molar-refractivity contribution < 1.29 is 14.3 Å². The first-order chi connectivity index (χ1) is 17.2. The van der Waals surface area contributed by atoms with Crippen LogP contribution in [0.1, 0.15) is 41.6 Å². The fourth-order valence-corrected chi connectivity index (χ4v) is 6.27. The first kappa shape index (κ1) is 22.6. The van der Waals surface area contributed by atoms with Crippen LogP contribution >= 0.6 is 0 Å². The van der Waals surface area contributed by atoms with E-state index >= 15 is 0 Å². The van der Waals surface area contributed by atoms with E-state index in [0.717, 1.165) is 76.3 Å². The number of morpholine rings is 1. The maximum absolute atomic E-state index is 13.6. The number of piperidine rings is 1. The lowest BCUT2D eigenvalue weighted by atomic mass is 9.85. The van der Waals surface area contributed by atoms with Gasteiger partial charge in [0.25, 0.3) is 5.91 Å². The Morgan fingerprint density at radius 2 is 1.89 bits per heavy atom. The smallest absolute Gasteiger partial charge is 0.254 e. The van der Waals surface area contributed by atoms with Gasteiger partial charge in [0.15, 0.2) is 0 Å². The van der Waals surface area contributed by atoms with Crippen molar-refractivity contribution >= 4 is 11.4 Å². The van der Waals surface area contributed by atoms with Crippen LogP contribution in [0.4, 0.5) is 0 Å². The number of carbonyl (C=O) groups excluding carboxylic acids is 1. The summed E-state index contributed by atoms with van der Waals surface area (Å²) in [6.45, 7) is 5.01. The average molecular weight is 475 g/mol. The fourth-order valence-electron chi connectivity index (χ4n) is 6.27. The van der Waals surface area contributed by atoms with Crippen LogP contribution in [-0.2, 0) is 11.2 Å². The molecule has 2 bridgehead atoms. The molecular formula is C28H34N4O3. The number of hydrogen-bond acceptors (Lipinski definition) is 5. The van der Waals surface area contributed by atoms with E-state index in [-0.39, 0.29) is 5.91 Å². The number of carbonyl (C=O) groups is 1. The maximum atomic E-state index is 13.6. The van der Waals surface area contributed by atoms with Crippen molar-refractivity contribution in [3.63, 3.8) is 0 Å². The van der Waals surface area contributed by atoms with Gasteiger partial charge in [-0.3, -0.25) is 9.69 Å². The van der Waals surface area contributed by atoms with Crippen molar-refractivity contribution in [2.24, 2.45) is 5.92 Å². The van der Waals surface area contributed by atoms with Crippen LogP contribution in [0, 0.1) is 5.92 Å². The average Bonchev–Trinajstić information content (AvgIpc) is 3.47. The number of benzene rings is 1. The molecule has 1 aromatic carbocycles. The van der Waals surface area contributed by atoms with Gasteiger partial charge >= 0.3 is 0 Å². The topological polar surface area (TPSA) is 59.3 Å². The molecule has 7 nitrogen and oxygen atoms in total. The molecular weight excluding hydrogens is 440 g/mol. The summed E-state index contributed by atoms with van der Waals surface area (Å²) in [5, 5.41) is 4.38. The molecule has 3 fully saturated rings. The normalized spacial score (nSPS) is 24.7. The summed E-state index contributed by atoms with van der Waals surface area (Å²) in [4.78, 5) is 18.1. The quantitative estimate of drug-likeness (QED) is 0.523. The molecule has 1 amide bonds. The molecule has 0 N–H and O–H groups in total. The molecule has 0 radical (unpaired) electrons. The number of ether oxygens (including phenoxy) is 2. The van der Waals surface area contributed by atoms with E-state index in [1.807, 2.05) is 41.2 Å². The van der Waals surface area contributed by atoms with Crippen LogP contribution in [0.15, 0.2) is 54.9 Å². The van der Waals surface area contributed by atoms with Crippen molar-refractivity contribution in [1.29, 1.82) is 0 Å². The van der Waals surface area contributed by atoms with E-state index in [1.54, 1.807) is 0 Å². The molecule has 2 aromatic heterocycles. The minimum atomic E-state index is 0.160. The van der Waals surface area contributed by atoms with Gasteiger partial charge in [0, 0.05) is 49.7 Å². The van der Waals surface area contributed by atoms with E-state index in [4.69, 9.17) is 9.47 Å². The Kier molecular flexibility index (Phi) is 6.44. The zero-order valence-electron chi connectivity index (χ0n) is 20.2. The van der Waals surface area contributed by atoms with E-state index in [2.05, 4.69) is 33.1 Å². The maximum Gasteiger partial charge on any atom is 0.254 e. The van der Waals surface area contributed by atoms with E-state index in [9.17, 15) is 4.79 Å². The second-order valence-electron chi connectivity index (χ2n) is 10.2. The van der Waals surface area contributed by atoms with Gasteiger partial charge in [-0.25, -0.2) is 4.52 Å². The summed E-state index contributed by atoms with van der Waals surface area (Å²) in [5.41, 5.74) is 3.30. The molecule has 2 unspecified atom stereocenters. The predicted octanol–water partition coefficient (Wildman–Crippen LogP) is 3.67. The number of aromatic nitrogens is 2. The summed E-state index contributed by atoms with van der Waals surface area (Å²) >= 11 is 0. The predicted molar refractivity (Wildman–Crippen MR) is 134 cm³/mol. The first-order valence-corrected chi connectivity index (χ1v) is 13.0. The summed E-state index contributed by atoms with van der Waals surface area (Å²) in [5.74, 6) is 1.54. The van der Waals surface area contributed by atoms with Crippen LogP contribution < -0.4 is 4.74 Å². The Bertz CT molecular complexity index is 1160. The van der Waals surface area contributed by atoms with Crippen LogP contribution in [0.5, 0.6) is 5.75 Å². The highest BCUT2D eigenvalue weighted by Crippen LogP contribution is 2.41. The van der Waals surface area contributed by atoms with E-state index < -0.39 is 0 Å². The van der Waals surface area contributed by atoms with Gasteiger partial charge < -0.3 is 14.4 Å². The Morgan fingerprint density at radius 3 is 2.71 bits per heavy atom. The third-order valence-corrected chi connectivity index (χ3v) is 7.96. The monoisotopic (exact) mass is 474 g/mol. The van der Waals surface area contributed by atoms with Gasteiger partial charge in [0.05, 0.1) is 18.7 Å². The van der Waals surface area contributed by atoms with Crippen molar-refractivity contribution in [2.45, 2.75) is 44.2 Å². The largest absolute Gasteiger partial charge is 0.492 e. The SMILES string of the molecule is O=C(c1cccc(OCCN2CCOCC2)c1)N1C2CCC1CC(Cc1cccn3nccc13)C2. The number of fused-ring (bicyclic) bond motifs is 3. The number of nitrogens with zero attached hydrogens (tertiary/aromatic N) is 4. The Morgan fingerprint density at radius 1 is 1.06 bits per heavy atom. The third kappa shape index (κ3) is 4.80. The molecule has 3 aliphatic heterocycles. The molecule has 184 valence electrons. The van der Waals surface area contributed by atoms with Gasteiger partial charge in [-0.15, -0.1) is 0 Å². The lowest BCUT2D eigenvalue weighted by molar-refractivity contribution is 0.0322.